The van der Waals surface area contributed by atoms with Crippen LogP contribution >= 0.6 is 11.6 Å². The molecule has 152 valence electrons. The molecule has 2 aromatic carbocycles. The molecule has 0 aliphatic heterocycles. The Bertz CT molecular complexity index is 1290. The van der Waals surface area contributed by atoms with Crippen molar-refractivity contribution in [3.8, 4) is 16.9 Å². The zero-order valence-electron chi connectivity index (χ0n) is 15.5. The van der Waals surface area contributed by atoms with Crippen molar-refractivity contribution in [3.63, 3.8) is 0 Å². The van der Waals surface area contributed by atoms with E-state index in [-0.39, 0.29) is 16.6 Å². The highest BCUT2D eigenvalue weighted by atomic mass is 35.5. The summed E-state index contributed by atoms with van der Waals surface area (Å²) in [6.45, 7) is 1.55. The van der Waals surface area contributed by atoms with Crippen molar-refractivity contribution in [2.75, 3.05) is 5.32 Å². The first kappa shape index (κ1) is 19.7. The van der Waals surface area contributed by atoms with Crippen molar-refractivity contribution in [2.24, 2.45) is 0 Å². The van der Waals surface area contributed by atoms with Gasteiger partial charge < -0.3 is 13.6 Å². The minimum atomic E-state index is -0.879. The largest absolute Gasteiger partial charge is 0.481 e. The first-order valence-electron chi connectivity index (χ1n) is 8.81. The Labute approximate surface area is 174 Å². The summed E-state index contributed by atoms with van der Waals surface area (Å²) in [5.41, 5.74) is 0.608. The summed E-state index contributed by atoms with van der Waals surface area (Å²) in [5, 5.41) is 3.21. The van der Waals surface area contributed by atoms with Crippen LogP contribution in [0.1, 0.15) is 6.92 Å². The zero-order chi connectivity index (χ0) is 21.3. The Morgan fingerprint density at radius 2 is 2.03 bits per heavy atom. The smallest absolute Gasteiger partial charge is 0.336 e. The van der Waals surface area contributed by atoms with E-state index in [1.165, 1.54) is 42.8 Å². The molecule has 4 rings (SSSR count). The average molecular weight is 429 g/mol. The van der Waals surface area contributed by atoms with Gasteiger partial charge in [-0.05, 0) is 37.3 Å². The molecule has 0 fully saturated rings. The number of rotatable bonds is 5. The third-order valence-corrected chi connectivity index (χ3v) is 4.59. The predicted molar refractivity (Wildman–Crippen MR) is 108 cm³/mol. The van der Waals surface area contributed by atoms with E-state index in [4.69, 9.17) is 25.2 Å². The normalized spacial score (nSPS) is 12.0. The van der Waals surface area contributed by atoms with E-state index in [9.17, 15) is 14.0 Å². The predicted octanol–water partition coefficient (Wildman–Crippen LogP) is 4.65. The van der Waals surface area contributed by atoms with E-state index in [0.29, 0.717) is 22.3 Å². The van der Waals surface area contributed by atoms with Crippen LogP contribution in [0.5, 0.6) is 5.75 Å². The molecule has 0 unspecified atom stereocenters. The molecule has 4 aromatic rings. The fourth-order valence-corrected chi connectivity index (χ4v) is 3.17. The van der Waals surface area contributed by atoms with Gasteiger partial charge in [0.05, 0.1) is 11.2 Å². The molecule has 0 aliphatic carbocycles. The molecular formula is C21H14ClFN2O5. The van der Waals surface area contributed by atoms with Crippen molar-refractivity contribution >= 4 is 34.5 Å². The van der Waals surface area contributed by atoms with Gasteiger partial charge in [0.25, 0.3) is 5.91 Å². The Balaban J connectivity index is 1.64. The van der Waals surface area contributed by atoms with Crippen molar-refractivity contribution in [3.05, 3.63) is 76.2 Å². The molecule has 0 bridgehead atoms. The third kappa shape index (κ3) is 4.04. The topological polar surface area (TPSA) is 94.6 Å². The number of hydrogen-bond acceptors (Lipinski definition) is 6. The van der Waals surface area contributed by atoms with Gasteiger partial charge in [-0.25, -0.2) is 14.2 Å². The lowest BCUT2D eigenvalue weighted by Gasteiger charge is -2.14. The fraction of sp³-hybridized carbons (Fsp3) is 0.0952. The first-order chi connectivity index (χ1) is 14.4. The summed E-state index contributed by atoms with van der Waals surface area (Å²) >= 11 is 6.16. The minimum Gasteiger partial charge on any atom is -0.481 e. The maximum atomic E-state index is 13.4. The molecule has 0 spiro atoms. The van der Waals surface area contributed by atoms with E-state index in [1.54, 1.807) is 19.1 Å². The number of halogens is 2. The maximum Gasteiger partial charge on any atom is 0.336 e. The van der Waals surface area contributed by atoms with E-state index in [0.717, 1.165) is 0 Å². The number of carbonyl (C=O) groups excluding carboxylic acids is 1. The zero-order valence-corrected chi connectivity index (χ0v) is 16.3. The lowest BCUT2D eigenvalue weighted by molar-refractivity contribution is -0.122. The van der Waals surface area contributed by atoms with Crippen LogP contribution in [0, 0.1) is 5.82 Å². The third-order valence-electron chi connectivity index (χ3n) is 4.28. The number of amides is 1. The Morgan fingerprint density at radius 1 is 1.20 bits per heavy atom. The number of carbonyl (C=O) groups is 1. The van der Waals surface area contributed by atoms with Gasteiger partial charge in [-0.2, -0.15) is 0 Å². The number of hydrogen-bond donors (Lipinski definition) is 1. The number of anilines is 1. The van der Waals surface area contributed by atoms with Crippen LogP contribution in [-0.2, 0) is 4.79 Å². The first-order valence-corrected chi connectivity index (χ1v) is 9.19. The molecule has 7 nitrogen and oxygen atoms in total. The molecule has 2 heterocycles. The number of nitrogens with one attached hydrogen (secondary N) is 1. The van der Waals surface area contributed by atoms with Crippen molar-refractivity contribution in [1.29, 1.82) is 0 Å². The van der Waals surface area contributed by atoms with Gasteiger partial charge >= 0.3 is 11.6 Å². The van der Waals surface area contributed by atoms with Crippen molar-refractivity contribution in [1.82, 2.24) is 4.98 Å². The average Bonchev–Trinajstić information content (AvgIpc) is 3.20. The van der Waals surface area contributed by atoms with Crippen LogP contribution in [0.4, 0.5) is 10.4 Å². The van der Waals surface area contributed by atoms with Crippen LogP contribution < -0.4 is 15.7 Å². The lowest BCUT2D eigenvalue weighted by Crippen LogP contribution is -2.30. The SMILES string of the molecule is C[C@@H](Oc1ccc2c(-c3ccc(F)cc3Cl)cc(=O)oc2c1)C(=O)Nc1ncco1. The highest BCUT2D eigenvalue weighted by molar-refractivity contribution is 6.33. The van der Waals surface area contributed by atoms with E-state index < -0.39 is 23.5 Å². The summed E-state index contributed by atoms with van der Waals surface area (Å²) in [6, 6.07) is 10.0. The molecule has 30 heavy (non-hydrogen) atoms. The number of aromatic nitrogens is 1. The van der Waals surface area contributed by atoms with Crippen molar-refractivity contribution < 1.29 is 22.8 Å². The molecule has 2 aromatic heterocycles. The lowest BCUT2D eigenvalue weighted by atomic mass is 10.0. The highest BCUT2D eigenvalue weighted by Gasteiger charge is 2.18. The van der Waals surface area contributed by atoms with Gasteiger partial charge in [-0.3, -0.25) is 10.1 Å². The maximum absolute atomic E-state index is 13.4. The van der Waals surface area contributed by atoms with Crippen LogP contribution in [0.2, 0.25) is 5.02 Å². The number of fused-ring (bicyclic) bond motifs is 1. The molecule has 0 saturated heterocycles. The van der Waals surface area contributed by atoms with Gasteiger partial charge in [0.1, 0.15) is 23.4 Å². The molecule has 1 amide bonds. The van der Waals surface area contributed by atoms with Gasteiger partial charge in [-0.15, -0.1) is 0 Å². The summed E-state index contributed by atoms with van der Waals surface area (Å²) in [5.74, 6) is -0.641. The number of ether oxygens (including phenoxy) is 1. The van der Waals surface area contributed by atoms with Crippen LogP contribution in [0.25, 0.3) is 22.1 Å². The second-order valence-electron chi connectivity index (χ2n) is 6.35. The number of nitrogens with zero attached hydrogens (tertiary/aromatic N) is 1. The Morgan fingerprint density at radius 3 is 2.77 bits per heavy atom. The highest BCUT2D eigenvalue weighted by Crippen LogP contribution is 2.34. The van der Waals surface area contributed by atoms with Gasteiger partial charge in [0, 0.05) is 28.6 Å². The monoisotopic (exact) mass is 428 g/mol. The Kier molecular flexibility index (Phi) is 5.24. The molecule has 0 radical (unpaired) electrons. The van der Waals surface area contributed by atoms with Gasteiger partial charge in [0.2, 0.25) is 0 Å². The second kappa shape index (κ2) is 8.00. The molecule has 1 N–H and O–H groups in total. The summed E-state index contributed by atoms with van der Waals surface area (Å²) in [6.07, 6.45) is 1.85. The summed E-state index contributed by atoms with van der Waals surface area (Å²) in [7, 11) is 0. The molecule has 0 saturated carbocycles. The summed E-state index contributed by atoms with van der Waals surface area (Å²) < 4.78 is 29.3. The Hall–Kier alpha value is -3.65. The molecule has 1 atom stereocenters. The van der Waals surface area contributed by atoms with Crippen LogP contribution in [-0.4, -0.2) is 17.0 Å². The molecular weight excluding hydrogens is 415 g/mol. The van der Waals surface area contributed by atoms with E-state index >= 15 is 0 Å². The van der Waals surface area contributed by atoms with E-state index in [2.05, 4.69) is 10.3 Å². The number of oxazole rings is 1. The van der Waals surface area contributed by atoms with Crippen LogP contribution in [0.3, 0.4) is 0 Å². The molecule has 9 heteroatoms. The second-order valence-corrected chi connectivity index (χ2v) is 6.76. The van der Waals surface area contributed by atoms with Gasteiger partial charge in [-0.1, -0.05) is 11.6 Å². The standard InChI is InChI=1S/C21H14ClFN2O5/c1-11(20(27)25-21-24-6-7-28-21)29-13-3-5-15-16(10-19(26)30-18(15)9-13)14-4-2-12(23)8-17(14)22/h2-11H,1H3,(H,24,25,27)/t11-/m1/s1. The van der Waals surface area contributed by atoms with Crippen molar-refractivity contribution in [2.45, 2.75) is 13.0 Å². The fourth-order valence-electron chi connectivity index (χ4n) is 2.90. The van der Waals surface area contributed by atoms with Crippen LogP contribution in [0.15, 0.2) is 68.6 Å². The number of benzene rings is 2. The minimum absolute atomic E-state index is 0.0563. The quantitative estimate of drug-likeness (QED) is 0.465. The van der Waals surface area contributed by atoms with E-state index in [1.807, 2.05) is 0 Å². The van der Waals surface area contributed by atoms with Gasteiger partial charge in [0.15, 0.2) is 6.10 Å². The summed E-state index contributed by atoms with van der Waals surface area (Å²) in [4.78, 5) is 28.1. The molecule has 0 aliphatic rings.